The minimum absolute atomic E-state index is 0.227. The molecule has 1 aromatic carbocycles. The largest absolute Gasteiger partial charge is 0.304 e. The maximum absolute atomic E-state index is 7.32. The summed E-state index contributed by atoms with van der Waals surface area (Å²) in [4.78, 5) is 3.46. The van der Waals surface area contributed by atoms with Crippen LogP contribution in [0.25, 0.3) is 0 Å². The maximum atomic E-state index is 7.32. The van der Waals surface area contributed by atoms with E-state index in [1.165, 1.54) is 37.7 Å². The lowest BCUT2D eigenvalue weighted by Crippen LogP contribution is -2.21. The van der Waals surface area contributed by atoms with Crippen LogP contribution in [0.5, 0.6) is 0 Å². The van der Waals surface area contributed by atoms with Gasteiger partial charge >= 0.3 is 0 Å². The zero-order chi connectivity index (χ0) is 17.8. The van der Waals surface area contributed by atoms with Gasteiger partial charge in [-0.2, -0.15) is 5.26 Å². The molecule has 0 aliphatic rings. The zero-order valence-electron chi connectivity index (χ0n) is 15.7. The summed E-state index contributed by atoms with van der Waals surface area (Å²) in [5.74, 6) is 0. The fourth-order valence-electron chi connectivity index (χ4n) is 1.75. The summed E-state index contributed by atoms with van der Waals surface area (Å²) >= 11 is 4.40. The molecule has 2 nitrogen and oxygen atoms in total. The molecule has 126 valence electrons. The first-order valence-corrected chi connectivity index (χ1v) is 8.45. The lowest BCUT2D eigenvalue weighted by molar-refractivity contribution is 0.321. The Kier molecular flexibility index (Phi) is 13.3. The number of hydrogen-bond acceptors (Lipinski definition) is 3. The van der Waals surface area contributed by atoms with Crippen LogP contribution in [0.3, 0.4) is 0 Å². The van der Waals surface area contributed by atoms with E-state index in [4.69, 9.17) is 5.26 Å². The molecule has 0 aliphatic heterocycles. The monoisotopic (exact) mass is 322 g/mol. The van der Waals surface area contributed by atoms with Crippen LogP contribution in [0.2, 0.25) is 0 Å². The van der Waals surface area contributed by atoms with Gasteiger partial charge in [-0.1, -0.05) is 53.7 Å². The number of aryl methyl sites for hydroxylation is 1. The van der Waals surface area contributed by atoms with Crippen molar-refractivity contribution in [1.82, 2.24) is 4.90 Å². The van der Waals surface area contributed by atoms with Gasteiger partial charge in [-0.25, -0.2) is 0 Å². The highest BCUT2D eigenvalue weighted by molar-refractivity contribution is 7.80. The Bertz CT molecular complexity index is 432. The number of nitriles is 1. The highest BCUT2D eigenvalue weighted by atomic mass is 32.1. The van der Waals surface area contributed by atoms with Crippen LogP contribution in [0.1, 0.15) is 59.6 Å². The second-order valence-corrected chi connectivity index (χ2v) is 6.58. The van der Waals surface area contributed by atoms with E-state index >= 15 is 0 Å². The van der Waals surface area contributed by atoms with Crippen LogP contribution < -0.4 is 0 Å². The van der Waals surface area contributed by atoms with Gasteiger partial charge < -0.3 is 4.90 Å². The number of nitrogens with zero attached hydrogens (tertiary/aromatic N) is 2. The third kappa shape index (κ3) is 10.7. The van der Waals surface area contributed by atoms with E-state index in [9.17, 15) is 0 Å². The quantitative estimate of drug-likeness (QED) is 0.748. The van der Waals surface area contributed by atoms with Crippen LogP contribution in [0.4, 0.5) is 0 Å². The summed E-state index contributed by atoms with van der Waals surface area (Å²) in [7, 11) is 0. The van der Waals surface area contributed by atoms with E-state index < -0.39 is 0 Å². The highest BCUT2D eigenvalue weighted by Crippen LogP contribution is 2.25. The predicted octanol–water partition coefficient (Wildman–Crippen LogP) is 5.46. The van der Waals surface area contributed by atoms with Crippen molar-refractivity contribution in [3.8, 4) is 6.07 Å². The first-order chi connectivity index (χ1) is 10.2. The van der Waals surface area contributed by atoms with Crippen molar-refractivity contribution in [3.05, 3.63) is 29.3 Å². The molecule has 0 N–H and O–H groups in total. The molecule has 1 rings (SSSR count). The minimum atomic E-state index is 0.227. The molecule has 0 amide bonds. The summed E-state index contributed by atoms with van der Waals surface area (Å²) in [6.45, 7) is 20.3. The maximum Gasteiger partial charge on any atom is 0.0587 e. The Morgan fingerprint density at radius 2 is 1.50 bits per heavy atom. The number of hydrogen-bond donors (Lipinski definition) is 1. The Balaban J connectivity index is 0. The van der Waals surface area contributed by atoms with E-state index in [0.29, 0.717) is 0 Å². The molecular formula is C19H34N2S. The smallest absolute Gasteiger partial charge is 0.0587 e. The van der Waals surface area contributed by atoms with Gasteiger partial charge in [0.1, 0.15) is 0 Å². The molecule has 0 saturated heterocycles. The van der Waals surface area contributed by atoms with Gasteiger partial charge in [0, 0.05) is 11.8 Å². The fourth-order valence-corrected chi connectivity index (χ4v) is 1.96. The van der Waals surface area contributed by atoms with Gasteiger partial charge in [-0.15, -0.1) is 12.6 Å². The molecule has 0 atom stereocenters. The Morgan fingerprint density at radius 3 is 1.73 bits per heavy atom. The molecule has 0 fully saturated rings. The van der Waals surface area contributed by atoms with E-state index in [2.05, 4.69) is 84.2 Å². The summed E-state index contributed by atoms with van der Waals surface area (Å²) in [6.07, 6.45) is 0. The van der Waals surface area contributed by atoms with Crippen molar-refractivity contribution in [2.24, 2.45) is 0 Å². The van der Waals surface area contributed by atoms with Crippen LogP contribution >= 0.6 is 12.6 Å². The Morgan fingerprint density at radius 1 is 1.09 bits per heavy atom. The second-order valence-electron chi connectivity index (χ2n) is 6.09. The number of thiol groups is 1. The second kappa shape index (κ2) is 12.6. The molecule has 0 radical (unpaired) electrons. The van der Waals surface area contributed by atoms with Crippen LogP contribution in [-0.2, 0) is 5.41 Å². The van der Waals surface area contributed by atoms with Crippen molar-refractivity contribution in [3.63, 3.8) is 0 Å². The van der Waals surface area contributed by atoms with Crippen molar-refractivity contribution >= 4 is 12.6 Å². The van der Waals surface area contributed by atoms with E-state index in [1.807, 2.05) is 0 Å². The first kappa shape index (κ1) is 23.3. The summed E-state index contributed by atoms with van der Waals surface area (Å²) in [5.41, 5.74) is 2.81. The normalized spacial score (nSPS) is 10.0. The Labute approximate surface area is 143 Å². The molecular weight excluding hydrogens is 288 g/mol. The molecule has 0 spiro atoms. The molecule has 22 heavy (non-hydrogen) atoms. The molecule has 1 aromatic rings. The lowest BCUT2D eigenvalue weighted by atomic mass is 9.87. The van der Waals surface area contributed by atoms with Gasteiger partial charge in [0.05, 0.1) is 6.07 Å². The van der Waals surface area contributed by atoms with Crippen LogP contribution in [0.15, 0.2) is 23.1 Å². The average Bonchev–Trinajstić information content (AvgIpc) is 2.44. The highest BCUT2D eigenvalue weighted by Gasteiger charge is 2.13. The molecule has 0 saturated carbocycles. The zero-order valence-corrected chi connectivity index (χ0v) is 16.6. The minimum Gasteiger partial charge on any atom is -0.304 e. The molecule has 0 heterocycles. The third-order valence-electron chi connectivity index (χ3n) is 3.42. The average molecular weight is 323 g/mol. The summed E-state index contributed by atoms with van der Waals surface area (Å²) in [6, 6.07) is 8.20. The lowest BCUT2D eigenvalue weighted by Gasteiger charge is -2.19. The van der Waals surface area contributed by atoms with E-state index in [-0.39, 0.29) is 5.41 Å². The molecule has 3 heteroatoms. The van der Waals surface area contributed by atoms with E-state index in [0.717, 1.165) is 4.90 Å². The summed E-state index contributed by atoms with van der Waals surface area (Å²) < 4.78 is 0. The van der Waals surface area contributed by atoms with Crippen LogP contribution in [-0.4, -0.2) is 24.5 Å². The van der Waals surface area contributed by atoms with Crippen molar-refractivity contribution in [2.75, 3.05) is 19.6 Å². The third-order valence-corrected chi connectivity index (χ3v) is 3.90. The van der Waals surface area contributed by atoms with E-state index in [1.54, 1.807) is 6.07 Å². The SMILES string of the molecule is CC#N.CCN(CC)CC.Cc1ccc(C(C)(C)C)cc1S. The summed E-state index contributed by atoms with van der Waals surface area (Å²) in [5, 5.41) is 7.32. The van der Waals surface area contributed by atoms with Gasteiger partial charge in [-0.3, -0.25) is 0 Å². The molecule has 0 unspecified atom stereocenters. The van der Waals surface area contributed by atoms with Crippen molar-refractivity contribution in [2.45, 2.75) is 65.7 Å². The first-order valence-electron chi connectivity index (χ1n) is 8.01. The predicted molar refractivity (Wildman–Crippen MR) is 102 cm³/mol. The Hall–Kier alpha value is -0.980. The van der Waals surface area contributed by atoms with Gasteiger partial charge in [0.25, 0.3) is 0 Å². The molecule has 0 aliphatic carbocycles. The molecule has 0 aromatic heterocycles. The van der Waals surface area contributed by atoms with Crippen molar-refractivity contribution in [1.29, 1.82) is 5.26 Å². The van der Waals surface area contributed by atoms with Crippen molar-refractivity contribution < 1.29 is 0 Å². The standard InChI is InChI=1S/C11H16S.C6H15N.C2H3N/c1-8-5-6-9(7-10(8)12)11(2,3)4;1-4-7(5-2)6-3;1-2-3/h5-7,12H,1-4H3;4-6H2,1-3H3;1H3. The van der Waals surface area contributed by atoms with Gasteiger partial charge in [0.15, 0.2) is 0 Å². The molecule has 0 bridgehead atoms. The van der Waals surface area contributed by atoms with Gasteiger partial charge in [-0.05, 0) is 49.2 Å². The number of rotatable bonds is 3. The number of benzene rings is 1. The topological polar surface area (TPSA) is 27.0 Å². The van der Waals surface area contributed by atoms with Gasteiger partial charge in [0.2, 0.25) is 0 Å². The fraction of sp³-hybridized carbons (Fsp3) is 0.632. The van der Waals surface area contributed by atoms with Crippen LogP contribution in [0, 0.1) is 18.3 Å².